The van der Waals surface area contributed by atoms with Gasteiger partial charge in [-0.15, -0.1) is 0 Å². The largest absolute Gasteiger partial charge is 0.480 e. The van der Waals surface area contributed by atoms with Crippen molar-refractivity contribution in [2.75, 3.05) is 5.32 Å². The Morgan fingerprint density at radius 3 is 2.24 bits per heavy atom. The standard InChI is InChI=1S/C14H21NO2/c1-5-14(6-2,13(16)17)15-12-8-7-10(3)11(4)9-12/h7-9,15H,5-6H2,1-4H3,(H,16,17). The zero-order chi connectivity index (χ0) is 13.1. The summed E-state index contributed by atoms with van der Waals surface area (Å²) in [5.74, 6) is -0.791. The van der Waals surface area contributed by atoms with Crippen LogP contribution in [0.25, 0.3) is 0 Å². The number of carboxylic acid groups (broad SMARTS) is 1. The average molecular weight is 235 g/mol. The van der Waals surface area contributed by atoms with Gasteiger partial charge in [-0.2, -0.15) is 0 Å². The van der Waals surface area contributed by atoms with Crippen LogP contribution in [0.15, 0.2) is 18.2 Å². The zero-order valence-electron chi connectivity index (χ0n) is 11.0. The maximum Gasteiger partial charge on any atom is 0.329 e. The van der Waals surface area contributed by atoms with E-state index in [0.717, 1.165) is 5.69 Å². The molecule has 0 saturated heterocycles. The SMILES string of the molecule is CCC(CC)(Nc1ccc(C)c(C)c1)C(=O)O. The van der Waals surface area contributed by atoms with Crippen LogP contribution in [0.1, 0.15) is 37.8 Å². The Bertz CT molecular complexity index is 409. The van der Waals surface area contributed by atoms with E-state index in [1.54, 1.807) is 0 Å². The van der Waals surface area contributed by atoms with Gasteiger partial charge in [0.25, 0.3) is 0 Å². The van der Waals surface area contributed by atoms with Crippen molar-refractivity contribution in [2.24, 2.45) is 0 Å². The minimum absolute atomic E-state index is 0.561. The minimum Gasteiger partial charge on any atom is -0.480 e. The van der Waals surface area contributed by atoms with Crippen molar-refractivity contribution in [1.29, 1.82) is 0 Å². The van der Waals surface area contributed by atoms with Crippen molar-refractivity contribution >= 4 is 11.7 Å². The lowest BCUT2D eigenvalue weighted by molar-refractivity contribution is -0.142. The van der Waals surface area contributed by atoms with E-state index in [1.165, 1.54) is 11.1 Å². The first-order chi connectivity index (χ1) is 7.95. The normalized spacial score (nSPS) is 11.3. The van der Waals surface area contributed by atoms with Gasteiger partial charge in [-0.3, -0.25) is 0 Å². The van der Waals surface area contributed by atoms with Crippen molar-refractivity contribution in [3.05, 3.63) is 29.3 Å². The molecule has 1 aromatic rings. The Morgan fingerprint density at radius 2 is 1.82 bits per heavy atom. The highest BCUT2D eigenvalue weighted by Gasteiger charge is 2.34. The van der Waals surface area contributed by atoms with Crippen LogP contribution in [0.3, 0.4) is 0 Å². The van der Waals surface area contributed by atoms with Crippen LogP contribution in [0.2, 0.25) is 0 Å². The van der Waals surface area contributed by atoms with Gasteiger partial charge in [0.05, 0.1) is 0 Å². The van der Waals surface area contributed by atoms with Crippen molar-refractivity contribution in [1.82, 2.24) is 0 Å². The van der Waals surface area contributed by atoms with E-state index in [2.05, 4.69) is 5.32 Å². The Morgan fingerprint density at radius 1 is 1.24 bits per heavy atom. The molecule has 0 atom stereocenters. The number of carboxylic acids is 1. The van der Waals surface area contributed by atoms with Gasteiger partial charge in [-0.25, -0.2) is 4.79 Å². The number of aliphatic carboxylic acids is 1. The van der Waals surface area contributed by atoms with E-state index in [9.17, 15) is 9.90 Å². The summed E-state index contributed by atoms with van der Waals surface area (Å²) < 4.78 is 0. The quantitative estimate of drug-likeness (QED) is 0.822. The maximum atomic E-state index is 11.4. The zero-order valence-corrected chi connectivity index (χ0v) is 11.0. The lowest BCUT2D eigenvalue weighted by atomic mass is 9.92. The van der Waals surface area contributed by atoms with Gasteiger partial charge in [0.2, 0.25) is 0 Å². The molecule has 94 valence electrons. The molecule has 0 heterocycles. The van der Waals surface area contributed by atoms with Crippen LogP contribution in [-0.2, 0) is 4.79 Å². The monoisotopic (exact) mass is 235 g/mol. The second-order valence-electron chi connectivity index (χ2n) is 4.52. The number of hydrogen-bond donors (Lipinski definition) is 2. The van der Waals surface area contributed by atoms with Crippen LogP contribution >= 0.6 is 0 Å². The second-order valence-corrected chi connectivity index (χ2v) is 4.52. The molecule has 17 heavy (non-hydrogen) atoms. The van der Waals surface area contributed by atoms with E-state index in [-0.39, 0.29) is 0 Å². The highest BCUT2D eigenvalue weighted by Crippen LogP contribution is 2.24. The molecule has 0 unspecified atom stereocenters. The molecular weight excluding hydrogens is 214 g/mol. The lowest BCUT2D eigenvalue weighted by Gasteiger charge is -2.29. The Balaban J connectivity index is 3.01. The molecule has 0 bridgehead atoms. The van der Waals surface area contributed by atoms with Gasteiger partial charge >= 0.3 is 5.97 Å². The third-order valence-electron chi connectivity index (χ3n) is 3.51. The van der Waals surface area contributed by atoms with Gasteiger partial charge in [-0.05, 0) is 49.9 Å². The summed E-state index contributed by atoms with van der Waals surface area (Å²) in [4.78, 5) is 11.4. The van der Waals surface area contributed by atoms with Crippen molar-refractivity contribution in [3.63, 3.8) is 0 Å². The molecule has 2 N–H and O–H groups in total. The summed E-state index contributed by atoms with van der Waals surface area (Å²) in [6, 6.07) is 5.94. The first kappa shape index (κ1) is 13.6. The van der Waals surface area contributed by atoms with E-state index in [1.807, 2.05) is 45.9 Å². The maximum absolute atomic E-state index is 11.4. The van der Waals surface area contributed by atoms with Gasteiger partial charge in [0.15, 0.2) is 0 Å². The van der Waals surface area contributed by atoms with Crippen LogP contribution in [0.4, 0.5) is 5.69 Å². The molecule has 1 rings (SSSR count). The Labute approximate surface area is 103 Å². The first-order valence-corrected chi connectivity index (χ1v) is 6.04. The third kappa shape index (κ3) is 2.78. The first-order valence-electron chi connectivity index (χ1n) is 6.04. The smallest absolute Gasteiger partial charge is 0.329 e. The van der Waals surface area contributed by atoms with Gasteiger partial charge in [0, 0.05) is 5.69 Å². The van der Waals surface area contributed by atoms with E-state index in [4.69, 9.17) is 0 Å². The van der Waals surface area contributed by atoms with Crippen molar-refractivity contribution in [3.8, 4) is 0 Å². The minimum atomic E-state index is -0.859. The number of nitrogens with one attached hydrogen (secondary N) is 1. The number of benzene rings is 1. The molecule has 0 spiro atoms. The van der Waals surface area contributed by atoms with E-state index in [0.29, 0.717) is 12.8 Å². The lowest BCUT2D eigenvalue weighted by Crippen LogP contribution is -2.45. The van der Waals surface area contributed by atoms with Crippen LogP contribution in [-0.4, -0.2) is 16.6 Å². The molecule has 0 aliphatic carbocycles. The van der Waals surface area contributed by atoms with Crippen LogP contribution in [0.5, 0.6) is 0 Å². The summed E-state index contributed by atoms with van der Waals surface area (Å²) in [6.07, 6.45) is 1.12. The molecule has 0 saturated carbocycles. The van der Waals surface area contributed by atoms with Gasteiger partial charge in [-0.1, -0.05) is 19.9 Å². The molecule has 3 nitrogen and oxygen atoms in total. The van der Waals surface area contributed by atoms with Gasteiger partial charge in [0.1, 0.15) is 5.54 Å². The van der Waals surface area contributed by atoms with Crippen molar-refractivity contribution < 1.29 is 9.90 Å². The molecule has 0 radical (unpaired) electrons. The van der Waals surface area contributed by atoms with E-state index < -0.39 is 11.5 Å². The molecule has 0 aliphatic rings. The molecule has 0 fully saturated rings. The van der Waals surface area contributed by atoms with Crippen molar-refractivity contribution in [2.45, 2.75) is 46.1 Å². The predicted molar refractivity (Wildman–Crippen MR) is 70.5 cm³/mol. The average Bonchev–Trinajstić information content (AvgIpc) is 2.30. The fraction of sp³-hybridized carbons (Fsp3) is 0.500. The molecular formula is C14H21NO2. The molecule has 3 heteroatoms. The number of rotatable bonds is 5. The van der Waals surface area contributed by atoms with E-state index >= 15 is 0 Å². The fourth-order valence-electron chi connectivity index (χ4n) is 1.88. The summed E-state index contributed by atoms with van der Waals surface area (Å²) in [6.45, 7) is 7.86. The topological polar surface area (TPSA) is 49.3 Å². The van der Waals surface area contributed by atoms with Crippen LogP contribution < -0.4 is 5.32 Å². The Hall–Kier alpha value is -1.51. The van der Waals surface area contributed by atoms with Crippen LogP contribution in [0, 0.1) is 13.8 Å². The van der Waals surface area contributed by atoms with Gasteiger partial charge < -0.3 is 10.4 Å². The number of hydrogen-bond acceptors (Lipinski definition) is 2. The summed E-state index contributed by atoms with van der Waals surface area (Å²) in [7, 11) is 0. The highest BCUT2D eigenvalue weighted by molar-refractivity contribution is 5.82. The molecule has 0 amide bonds. The number of anilines is 1. The third-order valence-corrected chi connectivity index (χ3v) is 3.51. The summed E-state index contributed by atoms with van der Waals surface area (Å²) >= 11 is 0. The Kier molecular flexibility index (Phi) is 4.16. The predicted octanol–water partition coefficient (Wildman–Crippen LogP) is 3.36. The molecule has 0 aromatic heterocycles. The molecule has 1 aromatic carbocycles. The summed E-state index contributed by atoms with van der Waals surface area (Å²) in [5.41, 5.74) is 2.40. The number of aryl methyl sites for hydroxylation is 2. The number of carbonyl (C=O) groups is 1. The summed E-state index contributed by atoms with van der Waals surface area (Å²) in [5, 5.41) is 12.5. The molecule has 0 aliphatic heterocycles. The fourth-order valence-corrected chi connectivity index (χ4v) is 1.88. The highest BCUT2D eigenvalue weighted by atomic mass is 16.4. The second kappa shape index (κ2) is 5.21.